The first kappa shape index (κ1) is 13.8. The zero-order valence-electron chi connectivity index (χ0n) is 11.1. The molecule has 0 aromatic carbocycles. The summed E-state index contributed by atoms with van der Waals surface area (Å²) in [6.07, 6.45) is 2.24. The van der Waals surface area contributed by atoms with Crippen LogP contribution < -0.4 is 11.1 Å². The summed E-state index contributed by atoms with van der Waals surface area (Å²) in [6, 6.07) is 6.77. The minimum atomic E-state index is -0.601. The summed E-state index contributed by atoms with van der Waals surface area (Å²) >= 11 is 0. The molecule has 0 saturated heterocycles. The molecule has 2 heterocycles. The summed E-state index contributed by atoms with van der Waals surface area (Å²) in [5, 5.41) is 2.69. The van der Waals surface area contributed by atoms with Gasteiger partial charge in [0.05, 0.1) is 11.9 Å². The van der Waals surface area contributed by atoms with Gasteiger partial charge in [0, 0.05) is 12.8 Å². The first-order chi connectivity index (χ1) is 9.54. The van der Waals surface area contributed by atoms with Gasteiger partial charge in [0.2, 0.25) is 5.91 Å². The molecule has 20 heavy (non-hydrogen) atoms. The van der Waals surface area contributed by atoms with Crippen molar-refractivity contribution in [2.24, 2.45) is 5.73 Å². The van der Waals surface area contributed by atoms with Crippen molar-refractivity contribution in [2.75, 3.05) is 5.32 Å². The Labute approximate surface area is 116 Å². The van der Waals surface area contributed by atoms with E-state index in [9.17, 15) is 9.59 Å². The molecule has 2 aromatic heterocycles. The van der Waals surface area contributed by atoms with Gasteiger partial charge in [0.15, 0.2) is 0 Å². The van der Waals surface area contributed by atoms with Crippen LogP contribution in [-0.2, 0) is 11.2 Å². The van der Waals surface area contributed by atoms with Crippen LogP contribution in [0.1, 0.15) is 28.4 Å². The van der Waals surface area contributed by atoms with E-state index in [1.807, 2.05) is 19.1 Å². The van der Waals surface area contributed by atoms with Gasteiger partial charge in [-0.15, -0.1) is 0 Å². The quantitative estimate of drug-likeness (QED) is 0.865. The van der Waals surface area contributed by atoms with Crippen LogP contribution in [0.5, 0.6) is 0 Å². The van der Waals surface area contributed by atoms with Gasteiger partial charge in [-0.1, -0.05) is 0 Å². The number of anilines is 1. The van der Waals surface area contributed by atoms with Crippen LogP contribution >= 0.6 is 0 Å². The van der Waals surface area contributed by atoms with E-state index >= 15 is 0 Å². The molecule has 6 heteroatoms. The van der Waals surface area contributed by atoms with Crippen molar-refractivity contribution in [3.8, 4) is 0 Å². The van der Waals surface area contributed by atoms with Crippen molar-refractivity contribution in [1.29, 1.82) is 0 Å². The predicted molar refractivity (Wildman–Crippen MR) is 73.2 cm³/mol. The third-order valence-electron chi connectivity index (χ3n) is 2.69. The number of amides is 2. The third kappa shape index (κ3) is 3.68. The second-order valence-electron chi connectivity index (χ2n) is 4.36. The number of aromatic nitrogens is 1. The fourth-order valence-corrected chi connectivity index (χ4v) is 1.69. The summed E-state index contributed by atoms with van der Waals surface area (Å²) in [4.78, 5) is 26.4. The molecule has 0 unspecified atom stereocenters. The molecule has 0 aliphatic heterocycles. The van der Waals surface area contributed by atoms with E-state index in [0.717, 1.165) is 11.5 Å². The molecule has 0 fully saturated rings. The number of carbonyl (C=O) groups is 2. The Bertz CT molecular complexity index is 617. The van der Waals surface area contributed by atoms with Crippen LogP contribution in [-0.4, -0.2) is 16.8 Å². The number of pyridine rings is 1. The maximum absolute atomic E-state index is 11.7. The lowest BCUT2D eigenvalue weighted by atomic mass is 10.2. The Morgan fingerprint density at radius 3 is 2.65 bits per heavy atom. The van der Waals surface area contributed by atoms with E-state index in [1.54, 1.807) is 6.07 Å². The van der Waals surface area contributed by atoms with E-state index in [2.05, 4.69) is 10.3 Å². The second-order valence-corrected chi connectivity index (χ2v) is 4.36. The third-order valence-corrected chi connectivity index (χ3v) is 2.69. The molecule has 0 bridgehead atoms. The van der Waals surface area contributed by atoms with Crippen molar-refractivity contribution in [1.82, 2.24) is 4.98 Å². The van der Waals surface area contributed by atoms with Gasteiger partial charge in [-0.3, -0.25) is 9.59 Å². The zero-order valence-corrected chi connectivity index (χ0v) is 11.1. The molecule has 2 rings (SSSR count). The standard InChI is InChI=1S/C14H15N3O3/c1-9-2-4-11(20-9)5-7-13(18)17-10-3-6-12(14(15)19)16-8-10/h2-4,6,8H,5,7H2,1H3,(H2,15,19)(H,17,18). The van der Waals surface area contributed by atoms with Crippen molar-refractivity contribution in [3.05, 3.63) is 47.7 Å². The monoisotopic (exact) mass is 273 g/mol. The molecular weight excluding hydrogens is 258 g/mol. The highest BCUT2D eigenvalue weighted by Gasteiger charge is 2.07. The van der Waals surface area contributed by atoms with Crippen molar-refractivity contribution in [3.63, 3.8) is 0 Å². The van der Waals surface area contributed by atoms with Crippen LogP contribution in [0.15, 0.2) is 34.9 Å². The minimum Gasteiger partial charge on any atom is -0.466 e. The predicted octanol–water partition coefficient (Wildman–Crippen LogP) is 1.65. The Kier molecular flexibility index (Phi) is 4.14. The van der Waals surface area contributed by atoms with Crippen LogP contribution in [0.25, 0.3) is 0 Å². The van der Waals surface area contributed by atoms with Crippen molar-refractivity contribution < 1.29 is 14.0 Å². The van der Waals surface area contributed by atoms with Crippen LogP contribution in [0.4, 0.5) is 5.69 Å². The Morgan fingerprint density at radius 1 is 1.30 bits per heavy atom. The maximum Gasteiger partial charge on any atom is 0.267 e. The van der Waals surface area contributed by atoms with Crippen LogP contribution in [0.3, 0.4) is 0 Å². The molecule has 0 radical (unpaired) electrons. The normalized spacial score (nSPS) is 10.2. The first-order valence-corrected chi connectivity index (χ1v) is 6.15. The largest absolute Gasteiger partial charge is 0.466 e. The molecule has 0 spiro atoms. The number of nitrogens with one attached hydrogen (secondary N) is 1. The molecule has 2 amide bonds. The molecule has 0 aliphatic carbocycles. The number of carbonyl (C=O) groups excluding carboxylic acids is 2. The highest BCUT2D eigenvalue weighted by Crippen LogP contribution is 2.10. The Hall–Kier alpha value is -2.63. The average molecular weight is 273 g/mol. The number of furan rings is 1. The van der Waals surface area contributed by atoms with Gasteiger partial charge < -0.3 is 15.5 Å². The number of hydrogen-bond acceptors (Lipinski definition) is 4. The SMILES string of the molecule is Cc1ccc(CCC(=O)Nc2ccc(C(N)=O)nc2)o1. The fraction of sp³-hybridized carbons (Fsp3) is 0.214. The molecular formula is C14H15N3O3. The Balaban J connectivity index is 1.86. The molecule has 0 saturated carbocycles. The lowest BCUT2D eigenvalue weighted by molar-refractivity contribution is -0.116. The first-order valence-electron chi connectivity index (χ1n) is 6.15. The van der Waals surface area contributed by atoms with E-state index in [4.69, 9.17) is 10.2 Å². The van der Waals surface area contributed by atoms with Gasteiger partial charge in [0.25, 0.3) is 5.91 Å². The van der Waals surface area contributed by atoms with Crippen LogP contribution in [0, 0.1) is 6.92 Å². The van der Waals surface area contributed by atoms with E-state index in [0.29, 0.717) is 18.5 Å². The minimum absolute atomic E-state index is 0.146. The summed E-state index contributed by atoms with van der Waals surface area (Å²) < 4.78 is 5.38. The average Bonchev–Trinajstić information content (AvgIpc) is 2.83. The maximum atomic E-state index is 11.7. The molecule has 104 valence electrons. The molecule has 2 aromatic rings. The number of nitrogens with zero attached hydrogens (tertiary/aromatic N) is 1. The zero-order chi connectivity index (χ0) is 14.5. The second kappa shape index (κ2) is 6.01. The summed E-state index contributed by atoms with van der Waals surface area (Å²) in [7, 11) is 0. The fourth-order valence-electron chi connectivity index (χ4n) is 1.69. The van der Waals surface area contributed by atoms with Gasteiger partial charge in [-0.2, -0.15) is 0 Å². The van der Waals surface area contributed by atoms with Gasteiger partial charge >= 0.3 is 0 Å². The molecule has 0 atom stereocenters. The van der Waals surface area contributed by atoms with Crippen molar-refractivity contribution >= 4 is 17.5 Å². The lowest BCUT2D eigenvalue weighted by Crippen LogP contribution is -2.15. The van der Waals surface area contributed by atoms with Gasteiger partial charge in [-0.05, 0) is 31.2 Å². The van der Waals surface area contributed by atoms with E-state index in [1.165, 1.54) is 12.3 Å². The topological polar surface area (TPSA) is 98.2 Å². The highest BCUT2D eigenvalue weighted by molar-refractivity contribution is 5.93. The van der Waals surface area contributed by atoms with Gasteiger partial charge in [0.1, 0.15) is 17.2 Å². The number of nitrogens with two attached hydrogens (primary N) is 1. The van der Waals surface area contributed by atoms with Crippen LogP contribution in [0.2, 0.25) is 0 Å². The molecule has 0 aliphatic rings. The van der Waals surface area contributed by atoms with E-state index in [-0.39, 0.29) is 11.6 Å². The number of hydrogen-bond donors (Lipinski definition) is 2. The van der Waals surface area contributed by atoms with Gasteiger partial charge in [-0.25, -0.2) is 4.98 Å². The number of aryl methyl sites for hydroxylation is 2. The summed E-state index contributed by atoms with van der Waals surface area (Å²) in [5.74, 6) is 0.857. The summed E-state index contributed by atoms with van der Waals surface area (Å²) in [5.41, 5.74) is 5.76. The Morgan fingerprint density at radius 2 is 2.10 bits per heavy atom. The van der Waals surface area contributed by atoms with Crippen molar-refractivity contribution in [2.45, 2.75) is 19.8 Å². The van der Waals surface area contributed by atoms with E-state index < -0.39 is 5.91 Å². The lowest BCUT2D eigenvalue weighted by Gasteiger charge is -2.04. The number of rotatable bonds is 5. The molecule has 6 nitrogen and oxygen atoms in total. The summed E-state index contributed by atoms with van der Waals surface area (Å²) in [6.45, 7) is 1.86. The number of primary amides is 1. The molecule has 3 N–H and O–H groups in total. The smallest absolute Gasteiger partial charge is 0.267 e. The highest BCUT2D eigenvalue weighted by atomic mass is 16.3.